The molecule has 0 bridgehead atoms. The lowest BCUT2D eigenvalue weighted by Gasteiger charge is -2.27. The molecule has 3 aromatic carbocycles. The molecule has 1 heterocycles. The average molecular weight is 392 g/mol. The molecule has 2 unspecified atom stereocenters. The lowest BCUT2D eigenvalue weighted by Crippen LogP contribution is -2.11. The van der Waals surface area contributed by atoms with Crippen molar-refractivity contribution in [2.45, 2.75) is 37.5 Å². The van der Waals surface area contributed by atoms with Crippen LogP contribution in [-0.2, 0) is 0 Å². The lowest BCUT2D eigenvalue weighted by atomic mass is 9.77. The van der Waals surface area contributed by atoms with E-state index < -0.39 is 0 Å². The van der Waals surface area contributed by atoms with E-state index in [2.05, 4.69) is 115 Å². The van der Waals surface area contributed by atoms with Crippen LogP contribution in [0.5, 0.6) is 0 Å². The van der Waals surface area contributed by atoms with Crippen molar-refractivity contribution in [3.05, 3.63) is 138 Å². The number of rotatable bonds is 8. The number of hydrogen-bond acceptors (Lipinski definition) is 1. The Morgan fingerprint density at radius 2 is 1.07 bits per heavy atom. The van der Waals surface area contributed by atoms with E-state index in [1.165, 1.54) is 22.4 Å². The van der Waals surface area contributed by atoms with Crippen LogP contribution in [0, 0.1) is 0 Å². The van der Waals surface area contributed by atoms with Gasteiger partial charge in [0.15, 0.2) is 0 Å². The van der Waals surface area contributed by atoms with E-state index in [9.17, 15) is 0 Å². The fourth-order valence-corrected chi connectivity index (χ4v) is 4.43. The van der Waals surface area contributed by atoms with Gasteiger partial charge in [-0.05, 0) is 53.5 Å². The van der Waals surface area contributed by atoms with Gasteiger partial charge in [0.2, 0.25) is 0 Å². The standard InChI is InChI=1S/C29H29N/c1-23(29-19-11-12-20-30-29)21-27(24-13-5-2-6-14-24)22-28(25-15-7-3-8-16-25)26-17-9-4-10-18-26/h2-20,23,27-28H,21-22H2,1H3. The summed E-state index contributed by atoms with van der Waals surface area (Å²) in [5.41, 5.74) is 5.36. The third kappa shape index (κ3) is 5.04. The first-order valence-electron chi connectivity index (χ1n) is 10.9. The quantitative estimate of drug-likeness (QED) is 0.302. The Kier molecular flexibility index (Phi) is 6.72. The van der Waals surface area contributed by atoms with Gasteiger partial charge in [-0.15, -0.1) is 0 Å². The summed E-state index contributed by atoms with van der Waals surface area (Å²) in [5.74, 6) is 1.23. The predicted molar refractivity (Wildman–Crippen MR) is 126 cm³/mol. The Bertz CT molecular complexity index is 958. The van der Waals surface area contributed by atoms with Crippen molar-refractivity contribution in [3.8, 4) is 0 Å². The van der Waals surface area contributed by atoms with Gasteiger partial charge < -0.3 is 0 Å². The molecule has 0 aliphatic heterocycles. The Morgan fingerprint density at radius 1 is 0.567 bits per heavy atom. The summed E-state index contributed by atoms with van der Waals surface area (Å²) in [6.07, 6.45) is 4.06. The molecule has 0 fully saturated rings. The minimum atomic E-state index is 0.369. The summed E-state index contributed by atoms with van der Waals surface area (Å²) >= 11 is 0. The largest absolute Gasteiger partial charge is 0.261 e. The lowest BCUT2D eigenvalue weighted by molar-refractivity contribution is 0.495. The first kappa shape index (κ1) is 20.1. The first-order valence-corrected chi connectivity index (χ1v) is 10.9. The van der Waals surface area contributed by atoms with E-state index in [-0.39, 0.29) is 0 Å². The fourth-order valence-electron chi connectivity index (χ4n) is 4.43. The van der Waals surface area contributed by atoms with Gasteiger partial charge in [0, 0.05) is 17.8 Å². The second kappa shape index (κ2) is 10.0. The zero-order chi connectivity index (χ0) is 20.6. The highest BCUT2D eigenvalue weighted by atomic mass is 14.7. The van der Waals surface area contributed by atoms with Crippen LogP contribution in [0.4, 0.5) is 0 Å². The molecular weight excluding hydrogens is 362 g/mol. The second-order valence-electron chi connectivity index (χ2n) is 8.11. The Hall–Kier alpha value is -3.19. The number of benzene rings is 3. The maximum absolute atomic E-state index is 4.62. The van der Waals surface area contributed by atoms with Crippen molar-refractivity contribution in [2.24, 2.45) is 0 Å². The topological polar surface area (TPSA) is 12.9 Å². The molecule has 4 aromatic rings. The molecule has 150 valence electrons. The normalized spacial score (nSPS) is 13.1. The van der Waals surface area contributed by atoms with Crippen LogP contribution in [-0.4, -0.2) is 4.98 Å². The van der Waals surface area contributed by atoms with Crippen molar-refractivity contribution >= 4 is 0 Å². The third-order valence-electron chi connectivity index (χ3n) is 6.03. The molecular formula is C29H29N. The van der Waals surface area contributed by atoms with Gasteiger partial charge in [-0.3, -0.25) is 4.98 Å². The summed E-state index contributed by atoms with van der Waals surface area (Å²) < 4.78 is 0. The van der Waals surface area contributed by atoms with Crippen LogP contribution >= 0.6 is 0 Å². The highest BCUT2D eigenvalue weighted by Crippen LogP contribution is 2.39. The molecule has 0 amide bonds. The van der Waals surface area contributed by atoms with Crippen molar-refractivity contribution < 1.29 is 0 Å². The Morgan fingerprint density at radius 3 is 1.57 bits per heavy atom. The number of nitrogens with zero attached hydrogens (tertiary/aromatic N) is 1. The summed E-state index contributed by atoms with van der Waals surface area (Å²) in [7, 11) is 0. The average Bonchev–Trinajstić information content (AvgIpc) is 2.84. The maximum atomic E-state index is 4.62. The van der Waals surface area contributed by atoms with E-state index in [1.807, 2.05) is 12.3 Å². The molecule has 0 aliphatic carbocycles. The van der Waals surface area contributed by atoms with Gasteiger partial charge in [0.05, 0.1) is 0 Å². The van der Waals surface area contributed by atoms with E-state index >= 15 is 0 Å². The van der Waals surface area contributed by atoms with Crippen molar-refractivity contribution in [2.75, 3.05) is 0 Å². The molecule has 30 heavy (non-hydrogen) atoms. The molecule has 4 rings (SSSR count). The molecule has 0 aliphatic rings. The molecule has 0 N–H and O–H groups in total. The highest BCUT2D eigenvalue weighted by Gasteiger charge is 2.23. The van der Waals surface area contributed by atoms with Crippen LogP contribution in [0.3, 0.4) is 0 Å². The molecule has 1 heteroatoms. The molecule has 0 saturated carbocycles. The SMILES string of the molecule is CC(CC(CC(c1ccccc1)c1ccccc1)c1ccccc1)c1ccccn1. The van der Waals surface area contributed by atoms with Gasteiger partial charge in [-0.2, -0.15) is 0 Å². The van der Waals surface area contributed by atoms with Crippen LogP contribution in [0.15, 0.2) is 115 Å². The molecule has 0 spiro atoms. The van der Waals surface area contributed by atoms with E-state index in [0.29, 0.717) is 17.8 Å². The van der Waals surface area contributed by atoms with Crippen LogP contribution in [0.2, 0.25) is 0 Å². The summed E-state index contributed by atoms with van der Waals surface area (Å²) in [5, 5.41) is 0. The van der Waals surface area contributed by atoms with Gasteiger partial charge in [0.25, 0.3) is 0 Å². The Labute approximate surface area is 180 Å². The molecule has 1 nitrogen and oxygen atoms in total. The molecule has 2 atom stereocenters. The zero-order valence-electron chi connectivity index (χ0n) is 17.6. The van der Waals surface area contributed by atoms with Gasteiger partial charge >= 0.3 is 0 Å². The van der Waals surface area contributed by atoms with Crippen LogP contribution in [0.1, 0.15) is 59.9 Å². The van der Waals surface area contributed by atoms with Gasteiger partial charge in [0.1, 0.15) is 0 Å². The minimum absolute atomic E-state index is 0.369. The molecule has 1 aromatic heterocycles. The summed E-state index contributed by atoms with van der Waals surface area (Å²) in [4.78, 5) is 4.62. The van der Waals surface area contributed by atoms with Crippen LogP contribution in [0.25, 0.3) is 0 Å². The smallest absolute Gasteiger partial charge is 0.0431 e. The third-order valence-corrected chi connectivity index (χ3v) is 6.03. The molecule has 0 saturated heterocycles. The summed E-state index contributed by atoms with van der Waals surface area (Å²) in [6.45, 7) is 2.30. The van der Waals surface area contributed by atoms with E-state index in [4.69, 9.17) is 0 Å². The number of pyridine rings is 1. The monoisotopic (exact) mass is 391 g/mol. The summed E-state index contributed by atoms with van der Waals surface area (Å²) in [6, 6.07) is 39.1. The second-order valence-corrected chi connectivity index (χ2v) is 8.11. The van der Waals surface area contributed by atoms with Gasteiger partial charge in [-0.25, -0.2) is 0 Å². The van der Waals surface area contributed by atoms with Gasteiger partial charge in [-0.1, -0.05) is 104 Å². The first-order chi connectivity index (χ1) is 14.8. The number of hydrogen-bond donors (Lipinski definition) is 0. The van der Waals surface area contributed by atoms with E-state index in [0.717, 1.165) is 12.8 Å². The maximum Gasteiger partial charge on any atom is 0.0431 e. The van der Waals surface area contributed by atoms with Crippen LogP contribution < -0.4 is 0 Å². The highest BCUT2D eigenvalue weighted by molar-refractivity contribution is 5.34. The predicted octanol–water partition coefficient (Wildman–Crippen LogP) is 7.58. The van der Waals surface area contributed by atoms with E-state index in [1.54, 1.807) is 0 Å². The van der Waals surface area contributed by atoms with Crippen molar-refractivity contribution in [1.82, 2.24) is 4.98 Å². The Balaban J connectivity index is 1.67. The van der Waals surface area contributed by atoms with Crippen molar-refractivity contribution in [1.29, 1.82) is 0 Å². The zero-order valence-corrected chi connectivity index (χ0v) is 17.6. The fraction of sp³-hybridized carbons (Fsp3) is 0.207. The number of aromatic nitrogens is 1. The minimum Gasteiger partial charge on any atom is -0.261 e. The van der Waals surface area contributed by atoms with Crippen molar-refractivity contribution in [3.63, 3.8) is 0 Å². The molecule has 0 radical (unpaired) electrons.